The summed E-state index contributed by atoms with van der Waals surface area (Å²) in [6.45, 7) is 2.65. The van der Waals surface area contributed by atoms with E-state index in [-0.39, 0.29) is 0 Å². The predicted molar refractivity (Wildman–Crippen MR) is 59.6 cm³/mol. The van der Waals surface area contributed by atoms with Crippen LogP contribution in [-0.4, -0.2) is 31.1 Å². The van der Waals surface area contributed by atoms with Crippen molar-refractivity contribution in [3.05, 3.63) is 30.6 Å². The molecule has 0 aliphatic rings. The van der Waals surface area contributed by atoms with Crippen LogP contribution in [-0.2, 0) is 20.1 Å². The van der Waals surface area contributed by atoms with Gasteiger partial charge >= 0.3 is 0 Å². The van der Waals surface area contributed by atoms with Gasteiger partial charge in [-0.05, 0) is 19.0 Å². The summed E-state index contributed by atoms with van der Waals surface area (Å²) in [6, 6.07) is 1.94. The topological polar surface area (TPSA) is 60.6 Å². The average molecular weight is 220 g/mol. The molecular weight excluding hydrogens is 204 g/mol. The van der Waals surface area contributed by atoms with Crippen LogP contribution in [0.2, 0.25) is 0 Å². The molecule has 0 radical (unpaired) electrons. The van der Waals surface area contributed by atoms with E-state index in [9.17, 15) is 0 Å². The second-order valence-corrected chi connectivity index (χ2v) is 3.60. The van der Waals surface area contributed by atoms with Crippen molar-refractivity contribution in [2.45, 2.75) is 19.5 Å². The summed E-state index contributed by atoms with van der Waals surface area (Å²) < 4.78 is 3.71. The lowest BCUT2D eigenvalue weighted by Gasteiger charge is -2.04. The van der Waals surface area contributed by atoms with Crippen molar-refractivity contribution >= 4 is 0 Å². The molecular formula is C10H16N6. The molecule has 0 aromatic carbocycles. The minimum absolute atomic E-state index is 0.760. The molecule has 0 unspecified atom stereocenters. The highest BCUT2D eigenvalue weighted by Gasteiger charge is 1.98. The van der Waals surface area contributed by atoms with Crippen LogP contribution in [0.1, 0.15) is 12.2 Å². The molecule has 0 saturated heterocycles. The third kappa shape index (κ3) is 2.90. The third-order valence-electron chi connectivity index (χ3n) is 2.39. The van der Waals surface area contributed by atoms with Crippen LogP contribution in [0.5, 0.6) is 0 Å². The predicted octanol–water partition coefficient (Wildman–Crippen LogP) is 0.191. The molecule has 0 saturated carbocycles. The molecule has 0 amide bonds. The number of rotatable bonds is 6. The number of nitrogens with one attached hydrogen (secondary N) is 1. The fourth-order valence-corrected chi connectivity index (χ4v) is 1.48. The molecule has 2 aromatic rings. The molecule has 0 aliphatic carbocycles. The number of aryl methyl sites for hydroxylation is 2. The summed E-state index contributed by atoms with van der Waals surface area (Å²) in [7, 11) is 1.90. The van der Waals surface area contributed by atoms with Crippen LogP contribution in [0.25, 0.3) is 0 Å². The largest absolute Gasteiger partial charge is 0.310 e. The maximum atomic E-state index is 4.14. The zero-order chi connectivity index (χ0) is 11.2. The van der Waals surface area contributed by atoms with Gasteiger partial charge in [0.2, 0.25) is 0 Å². The van der Waals surface area contributed by atoms with E-state index < -0.39 is 0 Å². The second kappa shape index (κ2) is 5.41. The Morgan fingerprint density at radius 1 is 1.38 bits per heavy atom. The van der Waals surface area contributed by atoms with Crippen molar-refractivity contribution in [1.82, 2.24) is 29.9 Å². The molecule has 2 aromatic heterocycles. The van der Waals surface area contributed by atoms with Gasteiger partial charge in [-0.1, -0.05) is 0 Å². The monoisotopic (exact) mass is 220 g/mol. The zero-order valence-electron chi connectivity index (χ0n) is 9.37. The highest BCUT2D eigenvalue weighted by molar-refractivity contribution is 4.82. The number of hydrogen-bond acceptors (Lipinski definition) is 4. The normalized spacial score (nSPS) is 10.8. The van der Waals surface area contributed by atoms with E-state index in [1.807, 2.05) is 24.0 Å². The van der Waals surface area contributed by atoms with E-state index in [1.54, 1.807) is 17.2 Å². The van der Waals surface area contributed by atoms with Gasteiger partial charge in [0.25, 0.3) is 0 Å². The number of aromatic nitrogens is 5. The Labute approximate surface area is 94.3 Å². The average Bonchev–Trinajstić information content (AvgIpc) is 2.90. The molecule has 0 aliphatic heterocycles. The second-order valence-electron chi connectivity index (χ2n) is 3.60. The van der Waals surface area contributed by atoms with Gasteiger partial charge in [0.15, 0.2) is 0 Å². The van der Waals surface area contributed by atoms with Gasteiger partial charge in [-0.25, -0.2) is 4.98 Å². The summed E-state index contributed by atoms with van der Waals surface area (Å²) in [5.41, 5.74) is 0. The Balaban J connectivity index is 1.61. The summed E-state index contributed by atoms with van der Waals surface area (Å²) in [4.78, 5) is 4.14. The molecule has 0 atom stereocenters. The standard InChI is InChI=1S/C10H16N6/c1-15-10(12-9-14-15)8-11-4-2-6-16-7-3-5-13-16/h3,5,7,9,11H,2,4,6,8H2,1H3. The van der Waals surface area contributed by atoms with Crippen molar-refractivity contribution in [3.8, 4) is 0 Å². The van der Waals surface area contributed by atoms with Crippen molar-refractivity contribution in [2.75, 3.05) is 6.54 Å². The Morgan fingerprint density at radius 3 is 3.00 bits per heavy atom. The number of nitrogens with zero attached hydrogens (tertiary/aromatic N) is 5. The summed E-state index contributed by atoms with van der Waals surface area (Å²) >= 11 is 0. The zero-order valence-corrected chi connectivity index (χ0v) is 9.37. The van der Waals surface area contributed by atoms with Gasteiger partial charge in [-0.15, -0.1) is 0 Å². The molecule has 6 heteroatoms. The first-order valence-electron chi connectivity index (χ1n) is 5.37. The Hall–Kier alpha value is -1.69. The molecule has 0 bridgehead atoms. The molecule has 86 valence electrons. The highest BCUT2D eigenvalue weighted by Crippen LogP contribution is 1.91. The molecule has 1 N–H and O–H groups in total. The molecule has 0 fully saturated rings. The quantitative estimate of drug-likeness (QED) is 0.706. The first kappa shape index (κ1) is 10.8. The van der Waals surface area contributed by atoms with E-state index in [1.165, 1.54) is 0 Å². The van der Waals surface area contributed by atoms with Crippen molar-refractivity contribution in [1.29, 1.82) is 0 Å². The van der Waals surface area contributed by atoms with E-state index in [0.29, 0.717) is 0 Å². The highest BCUT2D eigenvalue weighted by atomic mass is 15.3. The van der Waals surface area contributed by atoms with Gasteiger partial charge in [-0.2, -0.15) is 10.2 Å². The summed E-state index contributed by atoms with van der Waals surface area (Å²) in [5.74, 6) is 0.957. The minimum Gasteiger partial charge on any atom is -0.310 e. The van der Waals surface area contributed by atoms with E-state index >= 15 is 0 Å². The fraction of sp³-hybridized carbons (Fsp3) is 0.500. The molecule has 2 heterocycles. The molecule has 0 spiro atoms. The lowest BCUT2D eigenvalue weighted by atomic mass is 10.4. The number of hydrogen-bond donors (Lipinski definition) is 1. The fourth-order valence-electron chi connectivity index (χ4n) is 1.48. The van der Waals surface area contributed by atoms with E-state index in [0.717, 1.165) is 31.9 Å². The van der Waals surface area contributed by atoms with E-state index in [2.05, 4.69) is 20.5 Å². The van der Waals surface area contributed by atoms with Gasteiger partial charge in [-0.3, -0.25) is 9.36 Å². The van der Waals surface area contributed by atoms with Crippen LogP contribution in [0.3, 0.4) is 0 Å². The van der Waals surface area contributed by atoms with Crippen molar-refractivity contribution < 1.29 is 0 Å². The first-order valence-corrected chi connectivity index (χ1v) is 5.37. The lowest BCUT2D eigenvalue weighted by molar-refractivity contribution is 0.531. The minimum atomic E-state index is 0.760. The maximum absolute atomic E-state index is 4.14. The van der Waals surface area contributed by atoms with Crippen LogP contribution < -0.4 is 5.32 Å². The molecule has 6 nitrogen and oxygen atoms in total. The molecule has 2 rings (SSSR count). The van der Waals surface area contributed by atoms with Crippen LogP contribution in [0.4, 0.5) is 0 Å². The Morgan fingerprint density at radius 2 is 2.31 bits per heavy atom. The lowest BCUT2D eigenvalue weighted by Crippen LogP contribution is -2.19. The van der Waals surface area contributed by atoms with Crippen molar-refractivity contribution in [2.24, 2.45) is 7.05 Å². The van der Waals surface area contributed by atoms with Crippen molar-refractivity contribution in [3.63, 3.8) is 0 Å². The van der Waals surface area contributed by atoms with Crippen LogP contribution >= 0.6 is 0 Å². The van der Waals surface area contributed by atoms with Gasteiger partial charge in [0.1, 0.15) is 12.2 Å². The van der Waals surface area contributed by atoms with Gasteiger partial charge in [0.05, 0.1) is 6.54 Å². The maximum Gasteiger partial charge on any atom is 0.140 e. The third-order valence-corrected chi connectivity index (χ3v) is 2.39. The van der Waals surface area contributed by atoms with Gasteiger partial charge < -0.3 is 5.32 Å². The Bertz CT molecular complexity index is 405. The first-order chi connectivity index (χ1) is 7.86. The van der Waals surface area contributed by atoms with Gasteiger partial charge in [0, 0.05) is 26.0 Å². The Kier molecular flexibility index (Phi) is 3.66. The van der Waals surface area contributed by atoms with Crippen LogP contribution in [0, 0.1) is 0 Å². The summed E-state index contributed by atoms with van der Waals surface area (Å²) in [5, 5.41) is 11.5. The smallest absolute Gasteiger partial charge is 0.140 e. The SMILES string of the molecule is Cn1ncnc1CNCCCn1cccn1. The van der Waals surface area contributed by atoms with E-state index in [4.69, 9.17) is 0 Å². The molecule has 16 heavy (non-hydrogen) atoms. The van der Waals surface area contributed by atoms with Crippen LogP contribution in [0.15, 0.2) is 24.8 Å². The summed E-state index contributed by atoms with van der Waals surface area (Å²) in [6.07, 6.45) is 6.40.